The molecule has 0 bridgehead atoms. The Hall–Kier alpha value is -0.610. The molecule has 1 aliphatic heterocycles. The zero-order valence-electron chi connectivity index (χ0n) is 8.29. The summed E-state index contributed by atoms with van der Waals surface area (Å²) in [5, 5.41) is 11.7. The van der Waals surface area contributed by atoms with Crippen molar-refractivity contribution in [1.29, 1.82) is 0 Å². The van der Waals surface area contributed by atoms with E-state index in [0.717, 1.165) is 19.4 Å². The van der Waals surface area contributed by atoms with Crippen LogP contribution in [0.5, 0.6) is 0 Å². The zero-order valence-corrected chi connectivity index (χ0v) is 8.29. The third-order valence-corrected chi connectivity index (χ3v) is 2.76. The lowest BCUT2D eigenvalue weighted by atomic mass is 10.2. The summed E-state index contributed by atoms with van der Waals surface area (Å²) in [6, 6.07) is 0.0527. The summed E-state index contributed by atoms with van der Waals surface area (Å²) in [7, 11) is 1.64. The first-order valence-electron chi connectivity index (χ1n) is 4.79. The molecule has 1 amide bonds. The molecule has 0 aromatic heterocycles. The molecule has 2 N–H and O–H groups in total. The molecular formula is C9H18N2O2. The minimum absolute atomic E-state index is 0.0281. The summed E-state index contributed by atoms with van der Waals surface area (Å²) in [5.41, 5.74) is 0. The molecule has 0 aromatic rings. The molecule has 1 fully saturated rings. The summed E-state index contributed by atoms with van der Waals surface area (Å²) >= 11 is 0. The Kier molecular flexibility index (Phi) is 3.69. The van der Waals surface area contributed by atoms with Crippen LogP contribution in [0.4, 0.5) is 0 Å². The fraction of sp³-hybridized carbons (Fsp3) is 0.889. The number of likely N-dealkylation sites (tertiary alicyclic amines) is 1. The maximum absolute atomic E-state index is 11.3. The van der Waals surface area contributed by atoms with Crippen LogP contribution in [0, 0.1) is 0 Å². The van der Waals surface area contributed by atoms with Gasteiger partial charge in [-0.2, -0.15) is 0 Å². The predicted octanol–water partition coefficient (Wildman–Crippen LogP) is -0.422. The smallest absolute Gasteiger partial charge is 0.236 e. The molecule has 4 heteroatoms. The van der Waals surface area contributed by atoms with Crippen molar-refractivity contribution in [2.24, 2.45) is 0 Å². The van der Waals surface area contributed by atoms with E-state index in [4.69, 9.17) is 5.11 Å². The third kappa shape index (κ3) is 2.19. The van der Waals surface area contributed by atoms with Crippen molar-refractivity contribution < 1.29 is 9.90 Å². The van der Waals surface area contributed by atoms with E-state index < -0.39 is 0 Å². The fourth-order valence-electron chi connectivity index (χ4n) is 1.92. The molecule has 1 rings (SSSR count). The lowest BCUT2D eigenvalue weighted by molar-refractivity contribution is -0.125. The van der Waals surface area contributed by atoms with Gasteiger partial charge < -0.3 is 10.4 Å². The molecular weight excluding hydrogens is 168 g/mol. The van der Waals surface area contributed by atoms with Crippen LogP contribution in [0.25, 0.3) is 0 Å². The van der Waals surface area contributed by atoms with Crippen LogP contribution in [0.1, 0.15) is 19.8 Å². The van der Waals surface area contributed by atoms with Crippen molar-refractivity contribution in [3.05, 3.63) is 0 Å². The van der Waals surface area contributed by atoms with Gasteiger partial charge in [0.1, 0.15) is 0 Å². The predicted molar refractivity (Wildman–Crippen MR) is 50.3 cm³/mol. The second kappa shape index (κ2) is 4.58. The van der Waals surface area contributed by atoms with E-state index in [0.29, 0.717) is 0 Å². The number of hydrogen-bond donors (Lipinski definition) is 2. The standard InChI is InChI=1S/C9H18N2O2/c1-7(9(13)10-2)11-5-3-4-8(11)6-12/h7-8,12H,3-6H2,1-2H3,(H,10,13)/t7?,8-/m1/s1. The Morgan fingerprint density at radius 1 is 1.77 bits per heavy atom. The van der Waals surface area contributed by atoms with Crippen molar-refractivity contribution >= 4 is 5.91 Å². The van der Waals surface area contributed by atoms with Crippen LogP contribution < -0.4 is 5.32 Å². The Balaban J connectivity index is 2.54. The highest BCUT2D eigenvalue weighted by atomic mass is 16.3. The Labute approximate surface area is 78.9 Å². The van der Waals surface area contributed by atoms with Crippen molar-refractivity contribution in [3.63, 3.8) is 0 Å². The molecule has 1 aliphatic rings. The van der Waals surface area contributed by atoms with Crippen LogP contribution in [-0.2, 0) is 4.79 Å². The van der Waals surface area contributed by atoms with Crippen LogP contribution >= 0.6 is 0 Å². The molecule has 0 saturated carbocycles. The van der Waals surface area contributed by atoms with Gasteiger partial charge in [-0.3, -0.25) is 9.69 Å². The van der Waals surface area contributed by atoms with E-state index in [-0.39, 0.29) is 24.6 Å². The topological polar surface area (TPSA) is 52.6 Å². The summed E-state index contributed by atoms with van der Waals surface area (Å²) in [6.45, 7) is 2.95. The van der Waals surface area contributed by atoms with Crippen LogP contribution in [0.3, 0.4) is 0 Å². The Morgan fingerprint density at radius 2 is 2.46 bits per heavy atom. The third-order valence-electron chi connectivity index (χ3n) is 2.76. The van der Waals surface area contributed by atoms with Gasteiger partial charge in [-0.25, -0.2) is 0 Å². The van der Waals surface area contributed by atoms with Gasteiger partial charge in [0.25, 0.3) is 0 Å². The number of nitrogens with zero attached hydrogens (tertiary/aromatic N) is 1. The van der Waals surface area contributed by atoms with E-state index >= 15 is 0 Å². The number of amides is 1. The molecule has 0 spiro atoms. The first-order chi connectivity index (χ1) is 6.20. The second-order valence-electron chi connectivity index (χ2n) is 3.51. The second-order valence-corrected chi connectivity index (χ2v) is 3.51. The number of rotatable bonds is 3. The summed E-state index contributed by atoms with van der Waals surface area (Å²) in [6.07, 6.45) is 2.07. The van der Waals surface area contributed by atoms with Crippen LogP contribution in [0.15, 0.2) is 0 Å². The van der Waals surface area contributed by atoms with Crippen molar-refractivity contribution in [2.45, 2.75) is 31.8 Å². The average molecular weight is 186 g/mol. The highest BCUT2D eigenvalue weighted by molar-refractivity contribution is 5.81. The molecule has 0 aliphatic carbocycles. The van der Waals surface area contributed by atoms with E-state index in [1.54, 1.807) is 7.05 Å². The first-order valence-corrected chi connectivity index (χ1v) is 4.79. The van der Waals surface area contributed by atoms with Crippen molar-refractivity contribution in [3.8, 4) is 0 Å². The average Bonchev–Trinajstić information content (AvgIpc) is 2.62. The quantitative estimate of drug-likeness (QED) is 0.629. The lowest BCUT2D eigenvalue weighted by Gasteiger charge is -2.27. The minimum Gasteiger partial charge on any atom is -0.395 e. The maximum Gasteiger partial charge on any atom is 0.236 e. The molecule has 1 saturated heterocycles. The Bertz CT molecular complexity index is 184. The van der Waals surface area contributed by atoms with Gasteiger partial charge >= 0.3 is 0 Å². The monoisotopic (exact) mass is 186 g/mol. The number of carbonyl (C=O) groups is 1. The lowest BCUT2D eigenvalue weighted by Crippen LogP contribution is -2.47. The molecule has 13 heavy (non-hydrogen) atoms. The molecule has 0 aromatic carbocycles. The highest BCUT2D eigenvalue weighted by Crippen LogP contribution is 2.19. The van der Waals surface area contributed by atoms with E-state index in [9.17, 15) is 4.79 Å². The van der Waals surface area contributed by atoms with Crippen molar-refractivity contribution in [2.75, 3.05) is 20.2 Å². The van der Waals surface area contributed by atoms with Crippen molar-refractivity contribution in [1.82, 2.24) is 10.2 Å². The summed E-state index contributed by atoms with van der Waals surface area (Å²) in [5.74, 6) is 0.0281. The summed E-state index contributed by atoms with van der Waals surface area (Å²) in [4.78, 5) is 13.4. The number of carbonyl (C=O) groups excluding carboxylic acids is 1. The number of nitrogens with one attached hydrogen (secondary N) is 1. The van der Waals surface area contributed by atoms with Crippen LogP contribution in [-0.4, -0.2) is 48.2 Å². The molecule has 0 radical (unpaired) electrons. The van der Waals surface area contributed by atoms with Gasteiger partial charge in [0, 0.05) is 13.1 Å². The summed E-state index contributed by atoms with van der Waals surface area (Å²) < 4.78 is 0. The van der Waals surface area contributed by atoms with E-state index in [2.05, 4.69) is 10.2 Å². The molecule has 2 atom stereocenters. The minimum atomic E-state index is -0.121. The fourth-order valence-corrected chi connectivity index (χ4v) is 1.92. The number of likely N-dealkylation sites (N-methyl/N-ethyl adjacent to an activating group) is 1. The largest absolute Gasteiger partial charge is 0.395 e. The molecule has 1 unspecified atom stereocenters. The van der Waals surface area contributed by atoms with Gasteiger partial charge in [-0.15, -0.1) is 0 Å². The maximum atomic E-state index is 11.3. The van der Waals surface area contributed by atoms with Gasteiger partial charge in [0.05, 0.1) is 12.6 Å². The highest BCUT2D eigenvalue weighted by Gasteiger charge is 2.30. The molecule has 1 heterocycles. The van der Waals surface area contributed by atoms with Gasteiger partial charge in [0.15, 0.2) is 0 Å². The first kappa shape index (κ1) is 10.5. The Morgan fingerprint density at radius 3 is 3.00 bits per heavy atom. The van der Waals surface area contributed by atoms with E-state index in [1.807, 2.05) is 6.92 Å². The van der Waals surface area contributed by atoms with Gasteiger partial charge in [0.2, 0.25) is 5.91 Å². The van der Waals surface area contributed by atoms with E-state index in [1.165, 1.54) is 0 Å². The number of aliphatic hydroxyl groups is 1. The van der Waals surface area contributed by atoms with Gasteiger partial charge in [-0.05, 0) is 26.3 Å². The van der Waals surface area contributed by atoms with Gasteiger partial charge in [-0.1, -0.05) is 0 Å². The SMILES string of the molecule is CNC(=O)C(C)N1CCC[C@@H]1CO. The molecule has 4 nitrogen and oxygen atoms in total. The van der Waals surface area contributed by atoms with Crippen LogP contribution in [0.2, 0.25) is 0 Å². The normalized spacial score (nSPS) is 25.9. The molecule has 76 valence electrons. The number of hydrogen-bond acceptors (Lipinski definition) is 3. The number of aliphatic hydroxyl groups excluding tert-OH is 1. The zero-order chi connectivity index (χ0) is 9.84.